The minimum absolute atomic E-state index is 0.0671. The number of esters is 1. The molecule has 2 N–H and O–H groups in total. The van der Waals surface area contributed by atoms with Gasteiger partial charge in [0.15, 0.2) is 6.61 Å². The summed E-state index contributed by atoms with van der Waals surface area (Å²) in [7, 11) is 1.21. The molecule has 1 unspecified atom stereocenters. The van der Waals surface area contributed by atoms with E-state index in [2.05, 4.69) is 10.1 Å². The van der Waals surface area contributed by atoms with Gasteiger partial charge >= 0.3 is 12.1 Å². The summed E-state index contributed by atoms with van der Waals surface area (Å²) in [5.41, 5.74) is -3.41. The molecular weight excluding hydrogens is 547 g/mol. The van der Waals surface area contributed by atoms with Crippen molar-refractivity contribution >= 4 is 28.5 Å². The zero-order chi connectivity index (χ0) is 29.8. The Labute approximate surface area is 231 Å². The number of nitrogens with one attached hydrogen (secondary N) is 1. The van der Waals surface area contributed by atoms with Gasteiger partial charge < -0.3 is 24.5 Å². The van der Waals surface area contributed by atoms with Crippen molar-refractivity contribution < 1.29 is 42.3 Å². The number of ether oxygens (including phenoxy) is 2. The number of non-ortho nitro benzene ring substituents is 1. The zero-order valence-electron chi connectivity index (χ0n) is 21.6. The number of benzene rings is 3. The molecule has 0 aliphatic carbocycles. The van der Waals surface area contributed by atoms with Crippen LogP contribution in [-0.2, 0) is 21.7 Å². The molecule has 0 bridgehead atoms. The Hall–Kier alpha value is -4.91. The molecule has 4 rings (SSSR count). The molecule has 41 heavy (non-hydrogen) atoms. The number of carbonyl (C=O) groups is 2. The summed E-state index contributed by atoms with van der Waals surface area (Å²) >= 11 is 0. The Morgan fingerprint density at radius 1 is 1.05 bits per heavy atom. The quantitative estimate of drug-likeness (QED) is 0.165. The minimum atomic E-state index is -5.24. The highest BCUT2D eigenvalue weighted by Gasteiger charge is 2.56. The molecule has 0 fully saturated rings. The van der Waals surface area contributed by atoms with Crippen molar-refractivity contribution in [3.8, 4) is 5.75 Å². The summed E-state index contributed by atoms with van der Waals surface area (Å²) in [4.78, 5) is 34.6. The number of halogens is 3. The first-order valence-corrected chi connectivity index (χ1v) is 12.1. The van der Waals surface area contributed by atoms with E-state index in [1.54, 1.807) is 30.3 Å². The highest BCUT2D eigenvalue weighted by Crippen LogP contribution is 2.43. The maximum atomic E-state index is 14.4. The molecule has 4 aromatic rings. The fourth-order valence-electron chi connectivity index (χ4n) is 4.21. The lowest BCUT2D eigenvalue weighted by Crippen LogP contribution is -2.51. The van der Waals surface area contributed by atoms with Gasteiger partial charge in [0, 0.05) is 35.8 Å². The predicted octanol–water partition coefficient (Wildman–Crippen LogP) is 4.33. The van der Waals surface area contributed by atoms with E-state index < -0.39 is 47.3 Å². The van der Waals surface area contributed by atoms with Crippen molar-refractivity contribution in [3.63, 3.8) is 0 Å². The van der Waals surface area contributed by atoms with Gasteiger partial charge in [-0.1, -0.05) is 30.3 Å². The van der Waals surface area contributed by atoms with Gasteiger partial charge in [-0.05, 0) is 35.9 Å². The third-order valence-corrected chi connectivity index (χ3v) is 6.37. The summed E-state index contributed by atoms with van der Waals surface area (Å²) in [6.45, 7) is -1.85. The molecule has 0 aliphatic heterocycles. The molecule has 1 atom stereocenters. The lowest BCUT2D eigenvalue weighted by Gasteiger charge is -2.30. The van der Waals surface area contributed by atoms with Crippen LogP contribution in [0.3, 0.4) is 0 Å². The number of hydrogen-bond donors (Lipinski definition) is 2. The predicted molar refractivity (Wildman–Crippen MR) is 140 cm³/mol. The number of rotatable bonds is 10. The summed E-state index contributed by atoms with van der Waals surface area (Å²) in [5, 5.41) is 24.4. The maximum Gasteiger partial charge on any atom is 0.423 e. The van der Waals surface area contributed by atoms with Gasteiger partial charge in [0.2, 0.25) is 5.60 Å². The highest BCUT2D eigenvalue weighted by atomic mass is 19.4. The molecule has 1 amide bonds. The summed E-state index contributed by atoms with van der Waals surface area (Å²) in [6, 6.07) is 17.6. The molecule has 0 spiro atoms. The first-order chi connectivity index (χ1) is 19.4. The van der Waals surface area contributed by atoms with E-state index >= 15 is 0 Å². The van der Waals surface area contributed by atoms with Gasteiger partial charge in [0.25, 0.3) is 11.6 Å². The van der Waals surface area contributed by atoms with Crippen molar-refractivity contribution in [2.24, 2.45) is 0 Å². The van der Waals surface area contributed by atoms with E-state index in [4.69, 9.17) is 4.74 Å². The summed E-state index contributed by atoms with van der Waals surface area (Å²) < 4.78 is 54.5. The Kier molecular flexibility index (Phi) is 8.28. The van der Waals surface area contributed by atoms with E-state index in [0.717, 1.165) is 24.4 Å². The monoisotopic (exact) mass is 571 g/mol. The number of methoxy groups -OCH3 is 1. The van der Waals surface area contributed by atoms with Crippen LogP contribution in [0.4, 0.5) is 18.9 Å². The maximum absolute atomic E-state index is 14.4. The number of nitrogens with zero attached hydrogens (tertiary/aromatic N) is 2. The molecule has 0 radical (unpaired) electrons. The second kappa shape index (κ2) is 11.7. The van der Waals surface area contributed by atoms with Crippen LogP contribution in [-0.4, -0.2) is 52.9 Å². The second-order valence-electron chi connectivity index (χ2n) is 9.05. The van der Waals surface area contributed by atoms with Gasteiger partial charge in [0.1, 0.15) is 5.75 Å². The van der Waals surface area contributed by atoms with Gasteiger partial charge in [-0.25, -0.2) is 4.79 Å². The average molecular weight is 572 g/mol. The van der Waals surface area contributed by atoms with E-state index in [1.807, 2.05) is 0 Å². The Bertz CT molecular complexity index is 1570. The molecule has 1 aromatic heterocycles. The molecule has 3 aromatic carbocycles. The number of carbonyl (C=O) groups excluding carboxylic acids is 2. The van der Waals surface area contributed by atoms with Crippen LogP contribution in [0.5, 0.6) is 5.75 Å². The second-order valence-corrected chi connectivity index (χ2v) is 9.05. The fourth-order valence-corrected chi connectivity index (χ4v) is 4.21. The van der Waals surface area contributed by atoms with Crippen LogP contribution in [0.25, 0.3) is 10.9 Å². The number of nitro groups is 1. The molecule has 0 saturated carbocycles. The lowest BCUT2D eigenvalue weighted by molar-refractivity contribution is -0.384. The highest BCUT2D eigenvalue weighted by molar-refractivity contribution is 5.89. The van der Waals surface area contributed by atoms with Gasteiger partial charge in [0.05, 0.1) is 29.7 Å². The first-order valence-electron chi connectivity index (χ1n) is 12.1. The van der Waals surface area contributed by atoms with Crippen molar-refractivity contribution in [2.45, 2.75) is 18.3 Å². The molecular formula is C28H24F3N3O7. The van der Waals surface area contributed by atoms with E-state index in [-0.39, 0.29) is 34.4 Å². The topological polar surface area (TPSA) is 133 Å². The summed E-state index contributed by atoms with van der Waals surface area (Å²) in [5.74, 6) is -1.36. The lowest BCUT2D eigenvalue weighted by atomic mass is 9.92. The van der Waals surface area contributed by atoms with Crippen LogP contribution in [0.1, 0.15) is 21.5 Å². The summed E-state index contributed by atoms with van der Waals surface area (Å²) in [6.07, 6.45) is -4.15. The largest absolute Gasteiger partial charge is 0.484 e. The van der Waals surface area contributed by atoms with Crippen LogP contribution in [0.2, 0.25) is 0 Å². The van der Waals surface area contributed by atoms with Crippen molar-refractivity contribution in [2.75, 3.05) is 20.3 Å². The average Bonchev–Trinajstić information content (AvgIpc) is 3.32. The van der Waals surface area contributed by atoms with Crippen LogP contribution in [0, 0.1) is 10.1 Å². The Morgan fingerprint density at radius 2 is 1.73 bits per heavy atom. The van der Waals surface area contributed by atoms with Gasteiger partial charge in [-0.2, -0.15) is 13.2 Å². The molecule has 0 saturated heterocycles. The minimum Gasteiger partial charge on any atom is -0.484 e. The standard InChI is InChI=1S/C28H24F3N3O7/c1-40-26(36)19-7-10-21(11-8-19)41-16-25(35)32-17-27(37,28(29,30)31)23-15-33(14-18-5-3-2-4-6-18)24-13-20(34(38)39)9-12-22(23)24/h2-13,15,37H,14,16-17H2,1H3,(H,32,35). The fraction of sp³-hybridized carbons (Fsp3) is 0.214. The number of aromatic nitrogens is 1. The van der Waals surface area contributed by atoms with Crippen LogP contribution < -0.4 is 10.1 Å². The van der Waals surface area contributed by atoms with Gasteiger partial charge in [-0.3, -0.25) is 14.9 Å². The molecule has 1 heterocycles. The number of amides is 1. The molecule has 214 valence electrons. The Balaban J connectivity index is 1.59. The number of alkyl halides is 3. The molecule has 13 heteroatoms. The number of hydrogen-bond acceptors (Lipinski definition) is 7. The van der Waals surface area contributed by atoms with E-state index in [9.17, 15) is 38.0 Å². The van der Waals surface area contributed by atoms with Crippen LogP contribution >= 0.6 is 0 Å². The van der Waals surface area contributed by atoms with Crippen LogP contribution in [0.15, 0.2) is 79.0 Å². The number of aliphatic hydroxyl groups is 1. The first kappa shape index (κ1) is 29.1. The molecule has 10 nitrogen and oxygen atoms in total. The smallest absolute Gasteiger partial charge is 0.423 e. The van der Waals surface area contributed by atoms with Crippen molar-refractivity contribution in [3.05, 3.63) is 106 Å². The SMILES string of the molecule is COC(=O)c1ccc(OCC(=O)NCC(O)(c2cn(Cc3ccccc3)c3cc([N+](=O)[O-])ccc23)C(F)(F)F)cc1. The zero-order valence-corrected chi connectivity index (χ0v) is 21.6. The third kappa shape index (κ3) is 6.30. The van der Waals surface area contributed by atoms with Gasteiger partial charge in [-0.15, -0.1) is 0 Å². The van der Waals surface area contributed by atoms with Crippen molar-refractivity contribution in [1.29, 1.82) is 0 Å². The third-order valence-electron chi connectivity index (χ3n) is 6.37. The number of fused-ring (bicyclic) bond motifs is 1. The number of nitro benzene ring substituents is 1. The van der Waals surface area contributed by atoms with E-state index in [1.165, 1.54) is 35.9 Å². The van der Waals surface area contributed by atoms with Crippen molar-refractivity contribution in [1.82, 2.24) is 9.88 Å². The Morgan fingerprint density at radius 3 is 2.34 bits per heavy atom. The van der Waals surface area contributed by atoms with E-state index in [0.29, 0.717) is 5.56 Å². The normalized spacial score (nSPS) is 12.9. The molecule has 0 aliphatic rings.